The Balaban J connectivity index is 7.25. The van der Waals surface area contributed by atoms with Crippen LogP contribution in [0.2, 0.25) is 0 Å². The molecular formula is C11H17N11O25. The number of hydrazine groups is 2. The maximum absolute atomic E-state index is 12.0. The Morgan fingerprint density at radius 3 is 0.766 bits per heavy atom. The highest BCUT2D eigenvalue weighted by atomic mass is 17.0. The third-order valence-corrected chi connectivity index (χ3v) is 5.11. The molecule has 0 saturated heterocycles. The summed E-state index contributed by atoms with van der Waals surface area (Å²) in [5.41, 5.74) is -6.41. The van der Waals surface area contributed by atoms with Crippen molar-refractivity contribution in [2.24, 2.45) is 0 Å². The largest absolute Gasteiger partial charge is 0.311 e. The SMILES string of the molecule is O=[N+]([O-])OCC(CO[N+](=O)[O-])(CO[N+](=O)[O-])N(CC(CN([N+](=O)[O-])C(CO[N+](=O)[O-])(CO[N+](=O)[O-])CO[N+](=O)[O-])O[N+](=O)[O-])[N+](=O)[O-]. The first-order chi connectivity index (χ1) is 21.7. The summed E-state index contributed by atoms with van der Waals surface area (Å²) in [4.78, 5) is 128. The Kier molecular flexibility index (Phi) is 15.1. The lowest BCUT2D eigenvalue weighted by Crippen LogP contribution is -2.66. The number of nitrogens with zero attached hydrogens (tertiary/aromatic N) is 11. The molecule has 0 amide bonds. The van der Waals surface area contributed by atoms with Crippen molar-refractivity contribution in [3.8, 4) is 0 Å². The summed E-state index contributed by atoms with van der Waals surface area (Å²) >= 11 is 0. The number of rotatable bonds is 28. The first kappa shape index (κ1) is 39.8. The second-order valence-corrected chi connectivity index (χ2v) is 8.02. The zero-order valence-corrected chi connectivity index (χ0v) is 22.4. The normalized spacial score (nSPS) is 10.8. The molecule has 0 aromatic rings. The molecule has 0 aliphatic carbocycles. The number of hydrogen-bond acceptors (Lipinski definition) is 25. The first-order valence-electron chi connectivity index (χ1n) is 10.9. The van der Waals surface area contributed by atoms with Gasteiger partial charge in [-0.25, -0.2) is 20.2 Å². The molecule has 0 N–H and O–H groups in total. The van der Waals surface area contributed by atoms with Gasteiger partial charge in [0.15, 0.2) is 27.2 Å². The lowest BCUT2D eigenvalue weighted by Gasteiger charge is -2.38. The summed E-state index contributed by atoms with van der Waals surface area (Å²) in [5, 5.41) is 84.0. The van der Waals surface area contributed by atoms with Gasteiger partial charge in [-0.05, 0) is 0 Å². The van der Waals surface area contributed by atoms with Crippen LogP contribution >= 0.6 is 0 Å². The standard InChI is InChI=1S/C11H17N11O25/c23-14(24)12(10(3-41-16(27)28,4-42-17(29)30)5-43-18(31)32)1-9(47-22(39)40)2-13(15(25)26)11(6-44-19(33)34,7-45-20(35)36)8-46-21(37)38/h9H,1-8H2. The second kappa shape index (κ2) is 17.8. The van der Waals surface area contributed by atoms with Gasteiger partial charge in [-0.15, -0.1) is 80.8 Å². The summed E-state index contributed by atoms with van der Waals surface area (Å²) in [6.07, 6.45) is -2.75. The molecule has 0 aromatic carbocycles. The molecule has 36 nitrogen and oxygen atoms in total. The van der Waals surface area contributed by atoms with Crippen molar-refractivity contribution in [2.75, 3.05) is 52.7 Å². The van der Waals surface area contributed by atoms with Crippen LogP contribution in [0.1, 0.15) is 0 Å². The molecule has 0 fully saturated rings. The average molecular weight is 703 g/mol. The Morgan fingerprint density at radius 1 is 0.404 bits per heavy atom. The fourth-order valence-corrected chi connectivity index (χ4v) is 3.23. The van der Waals surface area contributed by atoms with E-state index in [4.69, 9.17) is 0 Å². The van der Waals surface area contributed by atoms with E-state index in [1.165, 1.54) is 0 Å². The van der Waals surface area contributed by atoms with E-state index in [1.54, 1.807) is 0 Å². The molecule has 0 heterocycles. The molecule has 0 bridgehead atoms. The van der Waals surface area contributed by atoms with Gasteiger partial charge in [0.05, 0.1) is 0 Å². The smallest absolute Gasteiger partial charge is 0.294 e. The van der Waals surface area contributed by atoms with Crippen LogP contribution in [0.15, 0.2) is 0 Å². The van der Waals surface area contributed by atoms with Crippen LogP contribution in [0.3, 0.4) is 0 Å². The van der Waals surface area contributed by atoms with Crippen LogP contribution in [0, 0.1) is 91.0 Å². The average Bonchev–Trinajstić information content (AvgIpc) is 2.93. The molecule has 0 aromatic heterocycles. The monoisotopic (exact) mass is 703 g/mol. The maximum atomic E-state index is 12.0. The molecule has 47 heavy (non-hydrogen) atoms. The lowest BCUT2D eigenvalue weighted by molar-refractivity contribution is -0.800. The van der Waals surface area contributed by atoms with Gasteiger partial charge in [0.25, 0.3) is 35.6 Å². The molecular weight excluding hydrogens is 686 g/mol. The van der Waals surface area contributed by atoms with E-state index in [1.807, 2.05) is 0 Å². The highest BCUT2D eigenvalue weighted by Gasteiger charge is 2.52. The van der Waals surface area contributed by atoms with Gasteiger partial charge in [-0.1, -0.05) is 0 Å². The Morgan fingerprint density at radius 2 is 0.617 bits per heavy atom. The molecule has 0 rings (SSSR count). The lowest BCUT2D eigenvalue weighted by atomic mass is 10.0. The van der Waals surface area contributed by atoms with Gasteiger partial charge >= 0.3 is 0 Å². The van der Waals surface area contributed by atoms with Gasteiger partial charge in [0.1, 0.15) is 52.7 Å². The van der Waals surface area contributed by atoms with Crippen LogP contribution < -0.4 is 0 Å². The maximum Gasteiger partial charge on any atom is 0.294 e. The van der Waals surface area contributed by atoms with Crippen LogP contribution in [-0.4, -0.2) is 126 Å². The minimum absolute atomic E-state index is 0.536. The third-order valence-electron chi connectivity index (χ3n) is 5.11. The molecule has 0 aliphatic heterocycles. The molecule has 36 heteroatoms. The summed E-state index contributed by atoms with van der Waals surface area (Å²) in [5.74, 6) is 0. The van der Waals surface area contributed by atoms with Crippen molar-refractivity contribution >= 4 is 0 Å². The van der Waals surface area contributed by atoms with Crippen LogP contribution in [-0.2, 0) is 33.9 Å². The van der Waals surface area contributed by atoms with E-state index >= 15 is 0 Å². The van der Waals surface area contributed by atoms with Crippen molar-refractivity contribution < 1.29 is 79.5 Å². The van der Waals surface area contributed by atoms with Gasteiger partial charge in [-0.2, -0.15) is 0 Å². The second-order valence-electron chi connectivity index (χ2n) is 8.02. The predicted octanol–water partition coefficient (Wildman–Crippen LogP) is -3.72. The summed E-state index contributed by atoms with van der Waals surface area (Å²) in [6, 6.07) is 0. The summed E-state index contributed by atoms with van der Waals surface area (Å²) in [6.45, 7) is -14.4. The van der Waals surface area contributed by atoms with E-state index in [2.05, 4.69) is 33.9 Å². The molecule has 0 spiro atoms. The van der Waals surface area contributed by atoms with Crippen molar-refractivity contribution in [1.82, 2.24) is 10.0 Å². The highest BCUT2D eigenvalue weighted by Crippen LogP contribution is 2.24. The van der Waals surface area contributed by atoms with Gasteiger partial charge < -0.3 is 33.9 Å². The van der Waals surface area contributed by atoms with E-state index < -0.39 is 126 Å². The first-order valence-corrected chi connectivity index (χ1v) is 10.9. The third kappa shape index (κ3) is 14.2. The summed E-state index contributed by atoms with van der Waals surface area (Å²) < 4.78 is 0. The van der Waals surface area contributed by atoms with Gasteiger partial charge in [-0.3, -0.25) is 0 Å². The summed E-state index contributed by atoms with van der Waals surface area (Å²) in [7, 11) is 0. The Hall–Kier alpha value is -7.20. The van der Waals surface area contributed by atoms with Crippen molar-refractivity contribution in [1.29, 1.82) is 0 Å². The molecule has 266 valence electrons. The Bertz CT molecular complexity index is 1020. The zero-order chi connectivity index (χ0) is 36.5. The quantitative estimate of drug-likeness (QED) is 0.0558. The fraction of sp³-hybridized carbons (Fsp3) is 1.00. The molecule has 0 aliphatic rings. The van der Waals surface area contributed by atoms with Crippen molar-refractivity contribution in [3.05, 3.63) is 91.0 Å². The van der Waals surface area contributed by atoms with Crippen LogP contribution in [0.4, 0.5) is 0 Å². The molecule has 0 unspecified atom stereocenters. The predicted molar refractivity (Wildman–Crippen MR) is 122 cm³/mol. The molecule has 0 atom stereocenters. The van der Waals surface area contributed by atoms with Crippen LogP contribution in [0.25, 0.3) is 0 Å². The zero-order valence-electron chi connectivity index (χ0n) is 22.4. The molecule has 0 saturated carbocycles. The number of nitro groups is 2. The van der Waals surface area contributed by atoms with E-state index in [0.29, 0.717) is 0 Å². The van der Waals surface area contributed by atoms with Crippen molar-refractivity contribution in [3.63, 3.8) is 0 Å². The van der Waals surface area contributed by atoms with Crippen molar-refractivity contribution in [2.45, 2.75) is 17.2 Å². The van der Waals surface area contributed by atoms with Gasteiger partial charge in [0, 0.05) is 0 Å². The van der Waals surface area contributed by atoms with Gasteiger partial charge in [0.2, 0.25) is 0 Å². The van der Waals surface area contributed by atoms with E-state index in [9.17, 15) is 91.0 Å². The topological polar surface area (TPSA) is 459 Å². The molecule has 0 radical (unpaired) electrons. The van der Waals surface area contributed by atoms with E-state index in [0.717, 1.165) is 0 Å². The highest BCUT2D eigenvalue weighted by molar-refractivity contribution is 4.91. The van der Waals surface area contributed by atoms with E-state index in [-0.39, 0.29) is 0 Å². The number of hydrogen-bond donors (Lipinski definition) is 0. The fourth-order valence-electron chi connectivity index (χ4n) is 3.23. The minimum Gasteiger partial charge on any atom is -0.311 e. The minimum atomic E-state index is -3.20. The van der Waals surface area contributed by atoms with Crippen LogP contribution in [0.5, 0.6) is 0 Å². The Labute approximate surface area is 251 Å².